The summed E-state index contributed by atoms with van der Waals surface area (Å²) in [6.45, 7) is 5.86. The quantitative estimate of drug-likeness (QED) is 0.189. The molecule has 0 atom stereocenters. The van der Waals surface area contributed by atoms with Crippen molar-refractivity contribution in [3.8, 4) is 0 Å². The average Bonchev–Trinajstić information content (AvgIpc) is 2.68. The summed E-state index contributed by atoms with van der Waals surface area (Å²) >= 11 is 0. The van der Waals surface area contributed by atoms with E-state index in [1.807, 2.05) is 0 Å². The van der Waals surface area contributed by atoms with Crippen LogP contribution in [0.1, 0.15) is 31.2 Å². The third-order valence-corrected chi connectivity index (χ3v) is 5.21. The van der Waals surface area contributed by atoms with Crippen LogP contribution in [0.2, 0.25) is 0 Å². The van der Waals surface area contributed by atoms with Gasteiger partial charge in [-0.25, -0.2) is 0 Å². The third kappa shape index (κ3) is 8.29. The van der Waals surface area contributed by atoms with E-state index in [9.17, 15) is 0 Å². The first-order valence-electron chi connectivity index (χ1n) is 10.2. The van der Waals surface area contributed by atoms with Crippen LogP contribution in [0.25, 0.3) is 21.5 Å². The second kappa shape index (κ2) is 15.7. The van der Waals surface area contributed by atoms with E-state index in [1.54, 1.807) is 0 Å². The lowest BCUT2D eigenvalue weighted by Crippen LogP contribution is -3.00. The predicted octanol–water partition coefficient (Wildman–Crippen LogP) is -7.57. The van der Waals surface area contributed by atoms with Gasteiger partial charge < -0.3 is 53.6 Å². The first kappa shape index (κ1) is 27.9. The van der Waals surface area contributed by atoms with Crippen molar-refractivity contribution in [2.45, 2.75) is 32.2 Å². The number of rotatable bonds is 11. The van der Waals surface area contributed by atoms with E-state index in [1.165, 1.54) is 72.4 Å². The van der Waals surface area contributed by atoms with Gasteiger partial charge in [0.05, 0.1) is 26.2 Å². The number of fused-ring (bicyclic) bond motifs is 2. The number of nitrogens with two attached hydrogens (primary N) is 2. The fourth-order valence-corrected chi connectivity index (χ4v) is 3.76. The maximum atomic E-state index is 3.89. The summed E-state index contributed by atoms with van der Waals surface area (Å²) in [7, 11) is 0. The highest BCUT2D eigenvalue weighted by Crippen LogP contribution is 2.27. The van der Waals surface area contributed by atoms with E-state index >= 15 is 0 Å². The van der Waals surface area contributed by atoms with Crippen LogP contribution < -0.4 is 53.6 Å². The Morgan fingerprint density at radius 3 is 1.72 bits per heavy atom. The van der Waals surface area contributed by atoms with Gasteiger partial charge in [-0.15, -0.1) is 0 Å². The van der Waals surface area contributed by atoms with Gasteiger partial charge in [0.2, 0.25) is 0 Å². The monoisotopic (exact) mass is 457 g/mol. The van der Waals surface area contributed by atoms with Crippen molar-refractivity contribution >= 4 is 21.5 Å². The van der Waals surface area contributed by atoms with E-state index < -0.39 is 0 Å². The van der Waals surface area contributed by atoms with E-state index in [0.29, 0.717) is 0 Å². The predicted molar refractivity (Wildman–Crippen MR) is 110 cm³/mol. The molecule has 7 N–H and O–H groups in total. The smallest absolute Gasteiger partial charge is 0.102 e. The van der Waals surface area contributed by atoms with E-state index in [4.69, 9.17) is 0 Å². The molecule has 0 heterocycles. The molecule has 0 aliphatic rings. The number of hydrogen-bond donors (Lipinski definition) is 3. The molecule has 0 aliphatic heterocycles. The van der Waals surface area contributed by atoms with Crippen molar-refractivity contribution in [1.29, 1.82) is 0 Å². The molecular weight excluding hydrogens is 425 g/mol. The molecule has 3 aromatic rings. The lowest BCUT2D eigenvalue weighted by atomic mass is 9.97. The lowest BCUT2D eigenvalue weighted by molar-refractivity contribution is -0.671. The van der Waals surface area contributed by atoms with Gasteiger partial charge in [0.15, 0.2) is 0 Å². The van der Waals surface area contributed by atoms with Crippen LogP contribution in [-0.2, 0) is 6.54 Å². The molecule has 29 heavy (non-hydrogen) atoms. The summed E-state index contributed by atoms with van der Waals surface area (Å²) < 4.78 is 0. The second-order valence-corrected chi connectivity index (χ2v) is 7.21. The average molecular weight is 459 g/mol. The van der Waals surface area contributed by atoms with Gasteiger partial charge in [-0.3, -0.25) is 0 Å². The Morgan fingerprint density at radius 1 is 0.621 bits per heavy atom. The van der Waals surface area contributed by atoms with Crippen molar-refractivity contribution in [1.82, 2.24) is 0 Å². The summed E-state index contributed by atoms with van der Waals surface area (Å²) in [5.74, 6) is 0. The van der Waals surface area contributed by atoms with E-state index in [-0.39, 0.29) is 37.2 Å². The van der Waals surface area contributed by atoms with Crippen molar-refractivity contribution in [3.63, 3.8) is 0 Å². The van der Waals surface area contributed by atoms with Gasteiger partial charge in [0, 0.05) is 12.0 Å². The van der Waals surface area contributed by atoms with Crippen LogP contribution in [0.15, 0.2) is 54.6 Å². The first-order valence-corrected chi connectivity index (χ1v) is 10.2. The Kier molecular flexibility index (Phi) is 15.1. The molecule has 0 unspecified atom stereocenters. The molecule has 0 aromatic heterocycles. The highest BCUT2D eigenvalue weighted by Gasteiger charge is 2.08. The molecule has 0 saturated heterocycles. The summed E-state index contributed by atoms with van der Waals surface area (Å²) in [5.41, 5.74) is 5.38. The molecule has 3 nitrogen and oxygen atoms in total. The Bertz CT molecular complexity index is 773. The number of benzene rings is 3. The minimum absolute atomic E-state index is 0. The fraction of sp³-hybridized carbons (Fsp3) is 0.391. The third-order valence-electron chi connectivity index (χ3n) is 5.21. The van der Waals surface area contributed by atoms with Crippen molar-refractivity contribution in [2.75, 3.05) is 26.2 Å². The van der Waals surface area contributed by atoms with Gasteiger partial charge in [0.1, 0.15) is 6.54 Å². The summed E-state index contributed by atoms with van der Waals surface area (Å²) in [5, 5.41) is 10.4. The topological polar surface area (TPSA) is 60.9 Å². The molecule has 6 heteroatoms. The lowest BCUT2D eigenvalue weighted by Gasteiger charge is -2.11. The molecule has 0 amide bonds. The molecule has 0 saturated carbocycles. The largest absolute Gasteiger partial charge is 1.00 e. The molecule has 162 valence electrons. The first-order chi connectivity index (χ1) is 12.9. The SMILES string of the molecule is [Cl-].[Cl-].[Cl-].[NH3+]CCC[NH2+]CCCCC[NH2+]Cc1c2ccccc2cc2ccccc12. The highest BCUT2D eigenvalue weighted by molar-refractivity contribution is 6.02. The van der Waals surface area contributed by atoms with Gasteiger partial charge in [0.25, 0.3) is 0 Å². The Hall–Kier alpha value is -1.07. The second-order valence-electron chi connectivity index (χ2n) is 7.21. The van der Waals surface area contributed by atoms with E-state index in [2.05, 4.69) is 71.0 Å². The van der Waals surface area contributed by atoms with Crippen LogP contribution >= 0.6 is 0 Å². The highest BCUT2D eigenvalue weighted by atomic mass is 35.5. The summed E-state index contributed by atoms with van der Waals surface area (Å²) in [6, 6.07) is 19.9. The molecule has 3 aromatic carbocycles. The van der Waals surface area contributed by atoms with Gasteiger partial charge in [-0.05, 0) is 46.9 Å². The molecule has 0 spiro atoms. The van der Waals surface area contributed by atoms with Crippen LogP contribution in [-0.4, -0.2) is 26.2 Å². The zero-order chi connectivity index (χ0) is 18.0. The maximum absolute atomic E-state index is 3.89. The maximum Gasteiger partial charge on any atom is 0.102 e. The zero-order valence-electron chi connectivity index (χ0n) is 17.1. The molecule has 0 radical (unpaired) electrons. The number of unbranched alkanes of at least 4 members (excludes halogenated alkanes) is 2. The minimum Gasteiger partial charge on any atom is -1.00 e. The normalized spacial score (nSPS) is 10.2. The van der Waals surface area contributed by atoms with E-state index in [0.717, 1.165) is 13.1 Å². The Morgan fingerprint density at radius 2 is 1.14 bits per heavy atom. The van der Waals surface area contributed by atoms with Crippen LogP contribution in [0.5, 0.6) is 0 Å². The molecule has 3 rings (SSSR count). The van der Waals surface area contributed by atoms with Crippen LogP contribution in [0.4, 0.5) is 0 Å². The summed E-state index contributed by atoms with van der Waals surface area (Å²) in [6.07, 6.45) is 5.23. The van der Waals surface area contributed by atoms with Crippen LogP contribution in [0, 0.1) is 0 Å². The van der Waals surface area contributed by atoms with Crippen LogP contribution in [0.3, 0.4) is 0 Å². The fourth-order valence-electron chi connectivity index (χ4n) is 3.76. The molecule has 0 bridgehead atoms. The summed E-state index contributed by atoms with van der Waals surface area (Å²) in [4.78, 5) is 0. The van der Waals surface area contributed by atoms with Gasteiger partial charge >= 0.3 is 0 Å². The minimum atomic E-state index is 0. The number of hydrogen-bond acceptors (Lipinski definition) is 0. The standard InChI is InChI=1S/C23H31N3.3ClH/c24-13-8-16-25-14-6-1-7-15-26-18-23-21-11-4-2-9-19(21)17-20-10-3-5-12-22(20)23;;;/h2-5,9-12,17,25-26H,1,6-8,13-16,18,24H2;3*1H. The van der Waals surface area contributed by atoms with Gasteiger partial charge in [-0.1, -0.05) is 48.5 Å². The molecule has 0 aliphatic carbocycles. The zero-order valence-corrected chi connectivity index (χ0v) is 19.3. The van der Waals surface area contributed by atoms with Crippen molar-refractivity contribution in [2.24, 2.45) is 0 Å². The number of quaternary nitrogens is 3. The number of halogens is 3. The van der Waals surface area contributed by atoms with Crippen molar-refractivity contribution < 1.29 is 53.6 Å². The Labute approximate surface area is 193 Å². The Balaban J connectivity index is 0.00000261. The van der Waals surface area contributed by atoms with Crippen molar-refractivity contribution in [3.05, 3.63) is 60.2 Å². The molecule has 0 fully saturated rings. The molecular formula is C23H34Cl3N3. The van der Waals surface area contributed by atoms with Gasteiger partial charge in [-0.2, -0.15) is 0 Å².